The molecule has 108 valence electrons. The number of hydrogen-bond acceptors (Lipinski definition) is 3. The Kier molecular flexibility index (Phi) is 3.83. The maximum atomic E-state index is 12.4. The molecule has 1 aliphatic heterocycles. The summed E-state index contributed by atoms with van der Waals surface area (Å²) in [4.78, 5) is 14.2. The van der Waals surface area contributed by atoms with Crippen molar-refractivity contribution in [3.63, 3.8) is 0 Å². The van der Waals surface area contributed by atoms with Crippen LogP contribution < -0.4 is 4.73 Å². The summed E-state index contributed by atoms with van der Waals surface area (Å²) in [5.41, 5.74) is 1.59. The van der Waals surface area contributed by atoms with Gasteiger partial charge in [-0.15, -0.1) is 0 Å². The molecule has 1 fully saturated rings. The van der Waals surface area contributed by atoms with E-state index in [0.29, 0.717) is 30.0 Å². The second-order valence-electron chi connectivity index (χ2n) is 4.97. The van der Waals surface area contributed by atoms with Gasteiger partial charge in [0.2, 0.25) is 0 Å². The van der Waals surface area contributed by atoms with Gasteiger partial charge in [-0.1, -0.05) is 30.3 Å². The fourth-order valence-corrected chi connectivity index (χ4v) is 2.44. The Morgan fingerprint density at radius 1 is 1.19 bits per heavy atom. The molecule has 0 bridgehead atoms. The first-order chi connectivity index (χ1) is 10.2. The summed E-state index contributed by atoms with van der Waals surface area (Å²) in [5.74, 6) is -0.0696. The van der Waals surface area contributed by atoms with Crippen LogP contribution in [0.15, 0.2) is 54.9 Å². The van der Waals surface area contributed by atoms with Crippen LogP contribution in [-0.2, 0) is 4.74 Å². The molecule has 5 heteroatoms. The molecule has 21 heavy (non-hydrogen) atoms. The average molecular weight is 284 g/mol. The zero-order valence-corrected chi connectivity index (χ0v) is 11.5. The Morgan fingerprint density at radius 3 is 2.62 bits per heavy atom. The maximum absolute atomic E-state index is 12.4. The first kappa shape index (κ1) is 13.6. The molecule has 1 aliphatic rings. The Morgan fingerprint density at radius 2 is 1.90 bits per heavy atom. The van der Waals surface area contributed by atoms with Gasteiger partial charge in [-0.3, -0.25) is 4.79 Å². The Hall–Kier alpha value is -2.40. The molecule has 1 saturated heterocycles. The van der Waals surface area contributed by atoms with E-state index < -0.39 is 0 Å². The van der Waals surface area contributed by atoms with Crippen LogP contribution in [0.25, 0.3) is 0 Å². The molecule has 0 spiro atoms. The van der Waals surface area contributed by atoms with Crippen molar-refractivity contribution in [2.24, 2.45) is 0 Å². The fourth-order valence-electron chi connectivity index (χ4n) is 2.44. The molecule has 0 aliphatic carbocycles. The lowest BCUT2D eigenvalue weighted by Crippen LogP contribution is -2.42. The summed E-state index contributed by atoms with van der Waals surface area (Å²) in [6.45, 7) is 1.60. The zero-order chi connectivity index (χ0) is 14.7. The molecule has 2 heterocycles. The number of benzene rings is 1. The van der Waals surface area contributed by atoms with Crippen molar-refractivity contribution in [3.8, 4) is 0 Å². The van der Waals surface area contributed by atoms with Gasteiger partial charge in [0.05, 0.1) is 18.7 Å². The number of ether oxygens (including phenoxy) is 1. The number of morpholine rings is 1. The van der Waals surface area contributed by atoms with Crippen molar-refractivity contribution in [3.05, 3.63) is 71.2 Å². The number of carbonyl (C=O) groups is 1. The van der Waals surface area contributed by atoms with Crippen molar-refractivity contribution in [1.29, 1.82) is 0 Å². The van der Waals surface area contributed by atoms with E-state index >= 15 is 0 Å². The number of hydrogen-bond donors (Lipinski definition) is 0. The maximum Gasteiger partial charge on any atom is 0.254 e. The minimum atomic E-state index is -0.0999. The SMILES string of the molecule is O=C(c1cc[n+]([O-])cc1)N1CCO[C@H](c2ccccc2)C1. The highest BCUT2D eigenvalue weighted by Crippen LogP contribution is 2.22. The summed E-state index contributed by atoms with van der Waals surface area (Å²) >= 11 is 0. The minimum absolute atomic E-state index is 0.0696. The molecule has 5 nitrogen and oxygen atoms in total. The smallest absolute Gasteiger partial charge is 0.254 e. The standard InChI is InChI=1S/C16H16N2O3/c19-16(14-6-8-18(20)9-7-14)17-10-11-21-15(12-17)13-4-2-1-3-5-13/h1-9,15H,10-12H2/t15-/m0/s1. The Balaban J connectivity index is 1.74. The van der Waals surface area contributed by atoms with Gasteiger partial charge in [0.25, 0.3) is 5.91 Å². The van der Waals surface area contributed by atoms with Crippen LogP contribution in [0.1, 0.15) is 22.0 Å². The highest BCUT2D eigenvalue weighted by Gasteiger charge is 2.26. The predicted octanol–water partition coefficient (Wildman–Crippen LogP) is 1.53. The van der Waals surface area contributed by atoms with E-state index in [0.717, 1.165) is 5.56 Å². The normalized spacial score (nSPS) is 18.5. The third-order valence-corrected chi connectivity index (χ3v) is 3.57. The van der Waals surface area contributed by atoms with Crippen LogP contribution in [0, 0.1) is 5.21 Å². The van der Waals surface area contributed by atoms with Crippen molar-refractivity contribution in [2.45, 2.75) is 6.10 Å². The molecule has 3 rings (SSSR count). The van der Waals surface area contributed by atoms with E-state index in [1.807, 2.05) is 30.3 Å². The predicted molar refractivity (Wildman–Crippen MR) is 76.4 cm³/mol. The molecular formula is C16H16N2O3. The lowest BCUT2D eigenvalue weighted by Gasteiger charge is -2.33. The van der Waals surface area contributed by atoms with Crippen LogP contribution in [0.3, 0.4) is 0 Å². The summed E-state index contributed by atoms with van der Waals surface area (Å²) in [5, 5.41) is 11.0. The summed E-state index contributed by atoms with van der Waals surface area (Å²) in [6.07, 6.45) is 2.57. The highest BCUT2D eigenvalue weighted by molar-refractivity contribution is 5.94. The Bertz CT molecular complexity index is 613. The van der Waals surface area contributed by atoms with Crippen molar-refractivity contribution < 1.29 is 14.3 Å². The zero-order valence-electron chi connectivity index (χ0n) is 11.5. The number of aromatic nitrogens is 1. The van der Waals surface area contributed by atoms with E-state index in [4.69, 9.17) is 4.74 Å². The third-order valence-electron chi connectivity index (χ3n) is 3.57. The van der Waals surface area contributed by atoms with E-state index in [-0.39, 0.29) is 12.0 Å². The monoisotopic (exact) mass is 284 g/mol. The van der Waals surface area contributed by atoms with Crippen LogP contribution in [0.4, 0.5) is 0 Å². The van der Waals surface area contributed by atoms with Gasteiger partial charge < -0.3 is 14.8 Å². The first-order valence-corrected chi connectivity index (χ1v) is 6.89. The average Bonchev–Trinajstić information content (AvgIpc) is 2.56. The number of rotatable bonds is 2. The van der Waals surface area contributed by atoms with Gasteiger partial charge in [0.1, 0.15) is 6.10 Å². The van der Waals surface area contributed by atoms with Crippen LogP contribution in [0.5, 0.6) is 0 Å². The van der Waals surface area contributed by atoms with E-state index in [9.17, 15) is 10.0 Å². The van der Waals surface area contributed by atoms with Gasteiger partial charge >= 0.3 is 0 Å². The summed E-state index contributed by atoms with van der Waals surface area (Å²) in [7, 11) is 0. The van der Waals surface area contributed by atoms with Crippen molar-refractivity contribution in [2.75, 3.05) is 19.7 Å². The van der Waals surface area contributed by atoms with Crippen LogP contribution in [0.2, 0.25) is 0 Å². The lowest BCUT2D eigenvalue weighted by molar-refractivity contribution is -0.605. The first-order valence-electron chi connectivity index (χ1n) is 6.89. The molecule has 0 saturated carbocycles. The van der Waals surface area contributed by atoms with Gasteiger partial charge in [0.15, 0.2) is 12.4 Å². The van der Waals surface area contributed by atoms with Gasteiger partial charge in [0, 0.05) is 18.7 Å². The molecule has 0 unspecified atom stereocenters. The third kappa shape index (κ3) is 3.03. The number of amides is 1. The van der Waals surface area contributed by atoms with E-state index in [1.165, 1.54) is 12.4 Å². The largest absolute Gasteiger partial charge is 0.619 e. The van der Waals surface area contributed by atoms with Gasteiger partial charge in [-0.05, 0) is 5.56 Å². The topological polar surface area (TPSA) is 56.5 Å². The molecule has 1 aromatic carbocycles. The Labute approximate surface area is 123 Å². The van der Waals surface area contributed by atoms with Crippen LogP contribution in [-0.4, -0.2) is 30.5 Å². The van der Waals surface area contributed by atoms with Crippen molar-refractivity contribution >= 4 is 5.91 Å². The lowest BCUT2D eigenvalue weighted by atomic mass is 10.1. The van der Waals surface area contributed by atoms with Gasteiger partial charge in [-0.25, -0.2) is 0 Å². The van der Waals surface area contributed by atoms with Crippen molar-refractivity contribution in [1.82, 2.24) is 4.90 Å². The molecule has 1 aromatic heterocycles. The van der Waals surface area contributed by atoms with Crippen LogP contribution >= 0.6 is 0 Å². The summed E-state index contributed by atoms with van der Waals surface area (Å²) in [6, 6.07) is 13.0. The second-order valence-corrected chi connectivity index (χ2v) is 4.97. The molecule has 1 amide bonds. The molecule has 1 atom stereocenters. The molecule has 0 N–H and O–H groups in total. The number of pyridine rings is 1. The number of nitrogens with zero attached hydrogens (tertiary/aromatic N) is 2. The molecular weight excluding hydrogens is 268 g/mol. The van der Waals surface area contributed by atoms with Gasteiger partial charge in [-0.2, -0.15) is 4.73 Å². The minimum Gasteiger partial charge on any atom is -0.619 e. The highest BCUT2D eigenvalue weighted by atomic mass is 16.5. The number of carbonyl (C=O) groups excluding carboxylic acids is 1. The second kappa shape index (κ2) is 5.93. The van der Waals surface area contributed by atoms with E-state index in [2.05, 4.69) is 0 Å². The molecule has 0 radical (unpaired) electrons. The molecule has 2 aromatic rings. The van der Waals surface area contributed by atoms with E-state index in [1.54, 1.807) is 17.0 Å². The summed E-state index contributed by atoms with van der Waals surface area (Å²) < 4.78 is 6.42. The fraction of sp³-hybridized carbons (Fsp3) is 0.250. The quantitative estimate of drug-likeness (QED) is 0.621.